The van der Waals surface area contributed by atoms with E-state index in [2.05, 4.69) is 5.32 Å². The summed E-state index contributed by atoms with van der Waals surface area (Å²) in [4.78, 5) is 40.4. The van der Waals surface area contributed by atoms with Crippen LogP contribution in [0.5, 0.6) is 11.5 Å². The Morgan fingerprint density at radius 1 is 0.949 bits per heavy atom. The van der Waals surface area contributed by atoms with E-state index in [-0.39, 0.29) is 49.0 Å². The van der Waals surface area contributed by atoms with Crippen LogP contribution in [0.1, 0.15) is 23.6 Å². The highest BCUT2D eigenvalue weighted by atomic mass is 16.7. The molecule has 198 valence electrons. The molecule has 3 aliphatic rings. The number of aromatic nitrogens is 1. The molecule has 9 nitrogen and oxygen atoms in total. The average molecular weight is 526 g/mol. The third-order valence-electron chi connectivity index (χ3n) is 7.93. The molecule has 4 aromatic rings. The molecule has 0 spiro atoms. The van der Waals surface area contributed by atoms with E-state index in [0.717, 1.165) is 28.6 Å². The number of carbonyl (C=O) groups excluding carboxylic acids is 2. The van der Waals surface area contributed by atoms with Crippen LogP contribution in [0, 0.1) is 5.92 Å². The number of ether oxygens (including phenoxy) is 2. The van der Waals surface area contributed by atoms with Gasteiger partial charge in [-0.1, -0.05) is 36.4 Å². The number of hydrogen-bond acceptors (Lipinski definition) is 6. The third kappa shape index (κ3) is 4.24. The Morgan fingerprint density at radius 3 is 2.62 bits per heavy atom. The molecular weight excluding hydrogens is 498 g/mol. The second-order valence-corrected chi connectivity index (χ2v) is 10.4. The standard InChI is InChI=1S/C30H27N3O6/c34-27(31-13-29(36)32-14-18-9-20(16-32)23-7-4-8-28(35)33(23)15-18)11-22-21-10-25-26(38-17-37-25)12-24(21)39-30(22)19-5-2-1-3-6-19/h1-8,10,12,18,20H,9,11,13-17H2,(H,31,34)/t18-,20+/m0/s1. The van der Waals surface area contributed by atoms with Crippen molar-refractivity contribution in [3.05, 3.63) is 82.3 Å². The second kappa shape index (κ2) is 9.34. The van der Waals surface area contributed by atoms with Gasteiger partial charge in [0, 0.05) is 59.9 Å². The van der Waals surface area contributed by atoms with Crippen LogP contribution in [-0.4, -0.2) is 47.7 Å². The molecule has 1 N–H and O–H groups in total. The molecule has 1 fully saturated rings. The predicted molar refractivity (Wildman–Crippen MR) is 143 cm³/mol. The number of rotatable bonds is 5. The highest BCUT2D eigenvalue weighted by molar-refractivity contribution is 5.95. The second-order valence-electron chi connectivity index (χ2n) is 10.4. The lowest BCUT2D eigenvalue weighted by molar-refractivity contribution is -0.135. The molecule has 2 bridgehead atoms. The molecule has 2 aromatic heterocycles. The van der Waals surface area contributed by atoms with Crippen molar-refractivity contribution in [3.63, 3.8) is 0 Å². The molecule has 2 aromatic carbocycles. The lowest BCUT2D eigenvalue weighted by atomic mass is 9.83. The summed E-state index contributed by atoms with van der Waals surface area (Å²) in [6.45, 7) is 1.82. The minimum absolute atomic E-state index is 0.0138. The van der Waals surface area contributed by atoms with Crippen molar-refractivity contribution in [3.8, 4) is 22.8 Å². The average Bonchev–Trinajstić information content (AvgIpc) is 3.55. The van der Waals surface area contributed by atoms with Gasteiger partial charge in [0.1, 0.15) is 11.3 Å². The largest absolute Gasteiger partial charge is 0.456 e. The van der Waals surface area contributed by atoms with Crippen LogP contribution in [0.3, 0.4) is 0 Å². The lowest BCUT2D eigenvalue weighted by Crippen LogP contribution is -2.51. The minimum atomic E-state index is -0.269. The Bertz CT molecular complexity index is 1660. The summed E-state index contributed by atoms with van der Waals surface area (Å²) in [5, 5.41) is 3.60. The molecule has 2 atom stereocenters. The number of carbonyl (C=O) groups is 2. The van der Waals surface area contributed by atoms with Crippen LogP contribution in [0.25, 0.3) is 22.3 Å². The maximum Gasteiger partial charge on any atom is 0.250 e. The van der Waals surface area contributed by atoms with Gasteiger partial charge in [0.05, 0.1) is 13.0 Å². The number of pyridine rings is 1. The zero-order valence-corrected chi connectivity index (χ0v) is 21.2. The first-order valence-corrected chi connectivity index (χ1v) is 13.2. The topological polar surface area (TPSA) is 103 Å². The van der Waals surface area contributed by atoms with E-state index >= 15 is 0 Å². The predicted octanol–water partition coefficient (Wildman–Crippen LogP) is 3.29. The van der Waals surface area contributed by atoms with E-state index in [4.69, 9.17) is 13.9 Å². The maximum absolute atomic E-state index is 13.1. The van der Waals surface area contributed by atoms with Gasteiger partial charge in [-0.05, 0) is 24.5 Å². The van der Waals surface area contributed by atoms with Gasteiger partial charge in [-0.15, -0.1) is 0 Å². The van der Waals surface area contributed by atoms with Gasteiger partial charge >= 0.3 is 0 Å². The van der Waals surface area contributed by atoms with Crippen LogP contribution in [-0.2, 0) is 22.6 Å². The molecule has 0 radical (unpaired) electrons. The van der Waals surface area contributed by atoms with Gasteiger partial charge in [-0.2, -0.15) is 0 Å². The fourth-order valence-corrected chi connectivity index (χ4v) is 6.14. The van der Waals surface area contributed by atoms with Gasteiger partial charge in [0.15, 0.2) is 11.5 Å². The van der Waals surface area contributed by atoms with E-state index in [1.165, 1.54) is 0 Å². The van der Waals surface area contributed by atoms with Crippen molar-refractivity contribution in [2.45, 2.75) is 25.3 Å². The van der Waals surface area contributed by atoms with Crippen LogP contribution < -0.4 is 20.3 Å². The van der Waals surface area contributed by atoms with E-state index in [1.807, 2.05) is 51.9 Å². The van der Waals surface area contributed by atoms with Crippen molar-refractivity contribution in [2.75, 3.05) is 26.4 Å². The quantitative estimate of drug-likeness (QED) is 0.429. The number of fused-ring (bicyclic) bond motifs is 6. The maximum atomic E-state index is 13.1. The highest BCUT2D eigenvalue weighted by Gasteiger charge is 2.36. The number of benzene rings is 2. The molecule has 9 heteroatoms. The number of amides is 2. The summed E-state index contributed by atoms with van der Waals surface area (Å²) < 4.78 is 19.1. The smallest absolute Gasteiger partial charge is 0.250 e. The summed E-state index contributed by atoms with van der Waals surface area (Å²) in [6.07, 6.45) is 1.01. The van der Waals surface area contributed by atoms with Crippen molar-refractivity contribution >= 4 is 22.8 Å². The van der Waals surface area contributed by atoms with Crippen molar-refractivity contribution in [2.24, 2.45) is 5.92 Å². The van der Waals surface area contributed by atoms with Crippen LogP contribution in [0.15, 0.2) is 69.9 Å². The van der Waals surface area contributed by atoms with Gasteiger partial charge < -0.3 is 28.7 Å². The molecule has 39 heavy (non-hydrogen) atoms. The normalized spacial score (nSPS) is 19.1. The van der Waals surface area contributed by atoms with Gasteiger partial charge in [-0.25, -0.2) is 0 Å². The van der Waals surface area contributed by atoms with E-state index < -0.39 is 0 Å². The Balaban J connectivity index is 1.08. The molecule has 0 unspecified atom stereocenters. The third-order valence-corrected chi connectivity index (χ3v) is 7.93. The number of nitrogens with zero attached hydrogens (tertiary/aromatic N) is 2. The molecule has 3 aliphatic heterocycles. The first-order valence-electron chi connectivity index (χ1n) is 13.2. The summed E-state index contributed by atoms with van der Waals surface area (Å²) in [7, 11) is 0. The van der Waals surface area contributed by atoms with Crippen LogP contribution >= 0.6 is 0 Å². The Labute approximate surface area is 223 Å². The highest BCUT2D eigenvalue weighted by Crippen LogP contribution is 2.42. The molecule has 2 amide bonds. The van der Waals surface area contributed by atoms with E-state index in [1.54, 1.807) is 18.2 Å². The summed E-state index contributed by atoms with van der Waals surface area (Å²) in [5.41, 5.74) is 3.19. The Hall–Kier alpha value is -4.53. The molecule has 1 saturated heterocycles. The Kier molecular flexibility index (Phi) is 5.65. The van der Waals surface area contributed by atoms with Crippen LogP contribution in [0.4, 0.5) is 0 Å². The summed E-state index contributed by atoms with van der Waals surface area (Å²) >= 11 is 0. The molecular formula is C30H27N3O6. The summed E-state index contributed by atoms with van der Waals surface area (Å²) in [5.74, 6) is 1.80. The molecule has 0 aliphatic carbocycles. The number of furan rings is 1. The summed E-state index contributed by atoms with van der Waals surface area (Å²) in [6, 6.07) is 18.6. The number of nitrogens with one attached hydrogen (secondary N) is 1. The van der Waals surface area contributed by atoms with E-state index in [0.29, 0.717) is 42.5 Å². The first kappa shape index (κ1) is 23.6. The molecule has 5 heterocycles. The van der Waals surface area contributed by atoms with Crippen molar-refractivity contribution in [1.82, 2.24) is 14.8 Å². The monoisotopic (exact) mass is 525 g/mol. The van der Waals surface area contributed by atoms with E-state index in [9.17, 15) is 14.4 Å². The first-order chi connectivity index (χ1) is 19.0. The SMILES string of the molecule is O=C(Cc1c(-c2ccccc2)oc2cc3c(cc12)OCO3)NCC(=O)N1C[C@@H]2C[C@H](C1)c1cccc(=O)n1C2. The zero-order chi connectivity index (χ0) is 26.5. The van der Waals surface area contributed by atoms with Gasteiger partial charge in [-0.3, -0.25) is 14.4 Å². The molecule has 7 rings (SSSR count). The van der Waals surface area contributed by atoms with Crippen LogP contribution in [0.2, 0.25) is 0 Å². The fourth-order valence-electron chi connectivity index (χ4n) is 6.14. The van der Waals surface area contributed by atoms with Gasteiger partial charge in [0.25, 0.3) is 5.56 Å². The number of likely N-dealkylation sites (tertiary alicyclic amines) is 1. The Morgan fingerprint density at radius 2 is 1.77 bits per heavy atom. The minimum Gasteiger partial charge on any atom is -0.456 e. The molecule has 0 saturated carbocycles. The van der Waals surface area contributed by atoms with Gasteiger partial charge in [0.2, 0.25) is 18.6 Å². The van der Waals surface area contributed by atoms with Crippen molar-refractivity contribution < 1.29 is 23.5 Å². The fraction of sp³-hybridized carbons (Fsp3) is 0.300. The number of piperidine rings is 1. The van der Waals surface area contributed by atoms with Crippen molar-refractivity contribution in [1.29, 1.82) is 0 Å². The zero-order valence-electron chi connectivity index (χ0n) is 21.2. The lowest BCUT2D eigenvalue weighted by Gasteiger charge is -2.42. The number of hydrogen-bond donors (Lipinski definition) is 1.